The molecule has 4 nitrogen and oxygen atoms in total. The van der Waals surface area contributed by atoms with E-state index in [2.05, 4.69) is 9.97 Å². The third-order valence-electron chi connectivity index (χ3n) is 2.84. The van der Waals surface area contributed by atoms with Crippen LogP contribution in [0.15, 0.2) is 0 Å². The van der Waals surface area contributed by atoms with Crippen LogP contribution in [0.3, 0.4) is 0 Å². The SMILES string of the molecule is Cc1c(Cl)nc(C(C)C)nc1N(C)CCC(C)O. The molecule has 0 fully saturated rings. The maximum absolute atomic E-state index is 9.33. The van der Waals surface area contributed by atoms with E-state index in [1.54, 1.807) is 6.92 Å². The zero-order valence-electron chi connectivity index (χ0n) is 11.7. The molecule has 0 aliphatic rings. The van der Waals surface area contributed by atoms with E-state index >= 15 is 0 Å². The molecule has 0 saturated carbocycles. The number of nitrogens with zero attached hydrogens (tertiary/aromatic N) is 3. The van der Waals surface area contributed by atoms with Gasteiger partial charge in [-0.15, -0.1) is 0 Å². The molecular formula is C13H22ClN3O. The second-order valence-corrected chi connectivity index (χ2v) is 5.39. The van der Waals surface area contributed by atoms with Crippen molar-refractivity contribution < 1.29 is 5.11 Å². The quantitative estimate of drug-likeness (QED) is 0.837. The molecule has 1 rings (SSSR count). The third kappa shape index (κ3) is 3.82. The zero-order chi connectivity index (χ0) is 13.9. The van der Waals surface area contributed by atoms with Gasteiger partial charge in [-0.05, 0) is 20.3 Å². The summed E-state index contributed by atoms with van der Waals surface area (Å²) in [6, 6.07) is 0. The van der Waals surface area contributed by atoms with Gasteiger partial charge in [0.2, 0.25) is 0 Å². The van der Waals surface area contributed by atoms with Crippen LogP contribution in [0.4, 0.5) is 5.82 Å². The fourth-order valence-corrected chi connectivity index (χ4v) is 1.78. The van der Waals surface area contributed by atoms with Crippen LogP contribution in [-0.4, -0.2) is 34.8 Å². The molecule has 0 spiro atoms. The first-order valence-electron chi connectivity index (χ1n) is 6.26. The van der Waals surface area contributed by atoms with Gasteiger partial charge in [0.15, 0.2) is 0 Å². The standard InChI is InChI=1S/C13H22ClN3O/c1-8(2)12-15-11(14)10(4)13(16-12)17(5)7-6-9(3)18/h8-9,18H,6-7H2,1-5H3. The van der Waals surface area contributed by atoms with Gasteiger partial charge in [-0.1, -0.05) is 25.4 Å². The van der Waals surface area contributed by atoms with Gasteiger partial charge in [-0.3, -0.25) is 0 Å². The molecule has 0 radical (unpaired) electrons. The Morgan fingerprint density at radius 2 is 1.89 bits per heavy atom. The van der Waals surface area contributed by atoms with Gasteiger partial charge in [0.25, 0.3) is 0 Å². The van der Waals surface area contributed by atoms with Crippen molar-refractivity contribution in [2.75, 3.05) is 18.5 Å². The molecule has 0 aromatic carbocycles. The smallest absolute Gasteiger partial charge is 0.137 e. The van der Waals surface area contributed by atoms with Crippen molar-refractivity contribution in [1.29, 1.82) is 0 Å². The highest BCUT2D eigenvalue weighted by molar-refractivity contribution is 6.30. The van der Waals surface area contributed by atoms with Crippen LogP contribution in [0.5, 0.6) is 0 Å². The highest BCUT2D eigenvalue weighted by atomic mass is 35.5. The summed E-state index contributed by atoms with van der Waals surface area (Å²) in [6.45, 7) is 8.53. The Balaban J connectivity index is 2.99. The van der Waals surface area contributed by atoms with Gasteiger partial charge in [0.1, 0.15) is 16.8 Å². The molecule has 1 atom stereocenters. The number of aliphatic hydroxyl groups is 1. The van der Waals surface area contributed by atoms with Gasteiger partial charge >= 0.3 is 0 Å². The van der Waals surface area contributed by atoms with Crippen molar-refractivity contribution in [3.8, 4) is 0 Å². The minimum Gasteiger partial charge on any atom is -0.393 e. The average molecular weight is 272 g/mol. The Kier molecular flexibility index (Phi) is 5.35. The van der Waals surface area contributed by atoms with Gasteiger partial charge < -0.3 is 10.0 Å². The zero-order valence-corrected chi connectivity index (χ0v) is 12.5. The van der Waals surface area contributed by atoms with Gasteiger partial charge in [-0.2, -0.15) is 0 Å². The summed E-state index contributed by atoms with van der Waals surface area (Å²) in [6.07, 6.45) is 0.392. The molecule has 5 heteroatoms. The van der Waals surface area contributed by atoms with Crippen molar-refractivity contribution in [3.63, 3.8) is 0 Å². The van der Waals surface area contributed by atoms with Crippen molar-refractivity contribution >= 4 is 17.4 Å². The largest absolute Gasteiger partial charge is 0.393 e. The van der Waals surface area contributed by atoms with Crippen LogP contribution in [-0.2, 0) is 0 Å². The van der Waals surface area contributed by atoms with Crippen LogP contribution in [0.25, 0.3) is 0 Å². The number of rotatable bonds is 5. The molecule has 1 heterocycles. The Bertz CT molecular complexity index is 407. The number of halogens is 1. The lowest BCUT2D eigenvalue weighted by Crippen LogP contribution is -2.24. The lowest BCUT2D eigenvalue weighted by Gasteiger charge is -2.22. The van der Waals surface area contributed by atoms with E-state index in [-0.39, 0.29) is 12.0 Å². The van der Waals surface area contributed by atoms with Gasteiger partial charge in [-0.25, -0.2) is 9.97 Å². The van der Waals surface area contributed by atoms with Gasteiger partial charge in [0, 0.05) is 25.1 Å². The third-order valence-corrected chi connectivity index (χ3v) is 3.21. The molecule has 1 unspecified atom stereocenters. The molecular weight excluding hydrogens is 250 g/mol. The molecule has 1 aromatic heterocycles. The highest BCUT2D eigenvalue weighted by Gasteiger charge is 2.15. The summed E-state index contributed by atoms with van der Waals surface area (Å²) in [7, 11) is 1.96. The second-order valence-electron chi connectivity index (χ2n) is 5.04. The molecule has 0 saturated heterocycles. The fourth-order valence-electron chi connectivity index (χ4n) is 1.61. The fraction of sp³-hybridized carbons (Fsp3) is 0.692. The molecule has 1 aromatic rings. The van der Waals surface area contributed by atoms with Crippen LogP contribution in [0.2, 0.25) is 5.15 Å². The van der Waals surface area contributed by atoms with Gasteiger partial charge in [0.05, 0.1) is 6.10 Å². The lowest BCUT2D eigenvalue weighted by molar-refractivity contribution is 0.187. The van der Waals surface area contributed by atoms with Crippen molar-refractivity contribution in [3.05, 3.63) is 16.5 Å². The van der Waals surface area contributed by atoms with E-state index in [1.807, 2.05) is 32.7 Å². The van der Waals surface area contributed by atoms with E-state index in [0.29, 0.717) is 11.6 Å². The monoisotopic (exact) mass is 271 g/mol. The summed E-state index contributed by atoms with van der Waals surface area (Å²) in [5.74, 6) is 1.84. The minimum absolute atomic E-state index is 0.243. The van der Waals surface area contributed by atoms with Crippen molar-refractivity contribution in [1.82, 2.24) is 9.97 Å². The minimum atomic E-state index is -0.311. The maximum atomic E-state index is 9.33. The lowest BCUT2D eigenvalue weighted by atomic mass is 10.2. The summed E-state index contributed by atoms with van der Waals surface area (Å²) < 4.78 is 0. The van der Waals surface area contributed by atoms with Crippen molar-refractivity contribution in [2.24, 2.45) is 0 Å². The molecule has 0 amide bonds. The predicted octanol–water partition coefficient (Wildman–Crippen LogP) is 2.77. The highest BCUT2D eigenvalue weighted by Crippen LogP contribution is 2.25. The molecule has 0 aliphatic heterocycles. The van der Waals surface area contributed by atoms with Crippen LogP contribution >= 0.6 is 11.6 Å². The van der Waals surface area contributed by atoms with E-state index in [9.17, 15) is 5.11 Å². The molecule has 1 N–H and O–H groups in total. The summed E-state index contributed by atoms with van der Waals surface area (Å²) in [5.41, 5.74) is 0.883. The number of hydrogen-bond acceptors (Lipinski definition) is 4. The molecule has 102 valence electrons. The molecule has 0 aliphatic carbocycles. The predicted molar refractivity (Wildman–Crippen MR) is 75.4 cm³/mol. The Morgan fingerprint density at radius 1 is 1.28 bits per heavy atom. The van der Waals surface area contributed by atoms with E-state index in [0.717, 1.165) is 23.8 Å². The van der Waals surface area contributed by atoms with E-state index < -0.39 is 0 Å². The Hall–Kier alpha value is -0.870. The topological polar surface area (TPSA) is 49.2 Å². The summed E-state index contributed by atoms with van der Waals surface area (Å²) >= 11 is 6.14. The number of hydrogen-bond donors (Lipinski definition) is 1. The van der Waals surface area contributed by atoms with Crippen LogP contribution in [0.1, 0.15) is 44.5 Å². The first-order valence-corrected chi connectivity index (χ1v) is 6.64. The summed E-state index contributed by atoms with van der Waals surface area (Å²) in [5, 5.41) is 9.84. The number of anilines is 1. The van der Waals surface area contributed by atoms with Crippen LogP contribution < -0.4 is 4.90 Å². The Labute approximate surface area is 114 Å². The maximum Gasteiger partial charge on any atom is 0.137 e. The Morgan fingerprint density at radius 3 is 2.39 bits per heavy atom. The van der Waals surface area contributed by atoms with E-state index in [1.165, 1.54) is 0 Å². The van der Waals surface area contributed by atoms with Crippen LogP contribution in [0, 0.1) is 6.92 Å². The summed E-state index contributed by atoms with van der Waals surface area (Å²) in [4.78, 5) is 10.9. The normalized spacial score (nSPS) is 12.9. The first-order chi connectivity index (χ1) is 8.32. The molecule has 0 bridgehead atoms. The molecule has 18 heavy (non-hydrogen) atoms. The number of aliphatic hydroxyl groups excluding tert-OH is 1. The second kappa shape index (κ2) is 6.34. The average Bonchev–Trinajstić information content (AvgIpc) is 2.29. The van der Waals surface area contributed by atoms with Crippen molar-refractivity contribution in [2.45, 2.75) is 46.1 Å². The first kappa shape index (κ1) is 15.2. The van der Waals surface area contributed by atoms with E-state index in [4.69, 9.17) is 11.6 Å². The number of aromatic nitrogens is 2.